The highest BCUT2D eigenvalue weighted by atomic mass is 127. The third kappa shape index (κ3) is 6.19. The van der Waals surface area contributed by atoms with Crippen molar-refractivity contribution in [3.63, 3.8) is 0 Å². The van der Waals surface area contributed by atoms with Crippen molar-refractivity contribution in [1.82, 2.24) is 4.57 Å². The predicted molar refractivity (Wildman–Crippen MR) is 194 cm³/mol. The van der Waals surface area contributed by atoms with Crippen LogP contribution in [0.5, 0.6) is 11.5 Å². The fourth-order valence-corrected chi connectivity index (χ4v) is 8.66. The first-order valence-corrected chi connectivity index (χ1v) is 17.2. The molecule has 2 heterocycles. The molecule has 1 aromatic heterocycles. The molecule has 6 rings (SSSR count). The number of rotatable bonds is 8. The molecular formula is C35H28I2N2O5S. The molecule has 0 unspecified atom stereocenters. The fourth-order valence-electron chi connectivity index (χ4n) is 5.48. The van der Waals surface area contributed by atoms with E-state index >= 15 is 0 Å². The van der Waals surface area contributed by atoms with E-state index in [0.717, 1.165) is 34.8 Å². The van der Waals surface area contributed by atoms with Gasteiger partial charge in [0.2, 0.25) is 0 Å². The maximum absolute atomic E-state index is 14.3. The summed E-state index contributed by atoms with van der Waals surface area (Å²) in [5.41, 5.74) is 3.23. The Morgan fingerprint density at radius 2 is 1.73 bits per heavy atom. The number of hydrogen-bond donors (Lipinski definition) is 0. The van der Waals surface area contributed by atoms with Crippen LogP contribution in [-0.4, -0.2) is 24.3 Å². The lowest BCUT2D eigenvalue weighted by molar-refractivity contribution is -0.139. The second-order valence-electron chi connectivity index (χ2n) is 10.3. The summed E-state index contributed by atoms with van der Waals surface area (Å²) in [6, 6.07) is 25.0. The maximum Gasteiger partial charge on any atom is 0.338 e. The lowest BCUT2D eigenvalue weighted by atomic mass is 9.90. The summed E-state index contributed by atoms with van der Waals surface area (Å²) in [6.07, 6.45) is 1.87. The molecule has 4 aromatic carbocycles. The fraction of sp³-hybridized carbons (Fsp3) is 0.171. The van der Waals surface area contributed by atoms with Crippen molar-refractivity contribution in [2.24, 2.45) is 4.99 Å². The Balaban J connectivity index is 1.50. The van der Waals surface area contributed by atoms with Gasteiger partial charge in [-0.15, -0.1) is 0 Å². The molecule has 0 saturated heterocycles. The number of carbonyl (C=O) groups is 1. The van der Waals surface area contributed by atoms with Crippen LogP contribution in [0.3, 0.4) is 0 Å². The van der Waals surface area contributed by atoms with E-state index in [0.29, 0.717) is 38.5 Å². The maximum atomic E-state index is 14.3. The highest BCUT2D eigenvalue weighted by molar-refractivity contribution is 14.1. The highest BCUT2D eigenvalue weighted by Gasteiger charge is 2.36. The Bertz CT molecular complexity index is 2130. The number of thiazole rings is 1. The van der Waals surface area contributed by atoms with Gasteiger partial charge in [-0.2, -0.15) is 0 Å². The van der Waals surface area contributed by atoms with Gasteiger partial charge in [0.05, 0.1) is 36.7 Å². The zero-order valence-electron chi connectivity index (χ0n) is 24.7. The third-order valence-electron chi connectivity index (χ3n) is 7.49. The van der Waals surface area contributed by atoms with Gasteiger partial charge in [-0.05, 0) is 105 Å². The van der Waals surface area contributed by atoms with Crippen molar-refractivity contribution < 1.29 is 19.0 Å². The minimum Gasteiger partial charge on any atom is -0.496 e. The van der Waals surface area contributed by atoms with Gasteiger partial charge in [0, 0.05) is 5.56 Å². The van der Waals surface area contributed by atoms with E-state index in [1.165, 1.54) is 11.3 Å². The number of allylic oxidation sites excluding steroid dienone is 1. The van der Waals surface area contributed by atoms with Crippen LogP contribution in [0.25, 0.3) is 16.8 Å². The van der Waals surface area contributed by atoms with Crippen LogP contribution in [-0.2, 0) is 16.1 Å². The largest absolute Gasteiger partial charge is 0.496 e. The number of benzene rings is 4. The summed E-state index contributed by atoms with van der Waals surface area (Å²) in [7, 11) is 1.59. The summed E-state index contributed by atoms with van der Waals surface area (Å²) in [6.45, 7) is 4.20. The second kappa shape index (κ2) is 13.5. The van der Waals surface area contributed by atoms with E-state index < -0.39 is 12.0 Å². The normalized spacial score (nSPS) is 14.7. The van der Waals surface area contributed by atoms with Gasteiger partial charge < -0.3 is 14.2 Å². The summed E-state index contributed by atoms with van der Waals surface area (Å²) < 4.78 is 21.5. The molecule has 0 N–H and O–H groups in total. The minimum absolute atomic E-state index is 0.196. The smallest absolute Gasteiger partial charge is 0.338 e. The zero-order valence-corrected chi connectivity index (χ0v) is 29.8. The number of carbonyl (C=O) groups excluding carboxylic acids is 1. The number of fused-ring (bicyclic) bond motifs is 2. The van der Waals surface area contributed by atoms with E-state index in [9.17, 15) is 9.59 Å². The minimum atomic E-state index is -0.794. The SMILES string of the molecule is CCOC(=O)C1=C(C)N=c2s/c(=C/c3cc(I)c(OCc4ccccc4)c(I)c3)c(=O)n2[C@@H]1c1c(OC)ccc2ccccc12. The predicted octanol–water partition coefficient (Wildman–Crippen LogP) is 6.75. The Morgan fingerprint density at radius 3 is 2.44 bits per heavy atom. The molecule has 0 saturated carbocycles. The standard InChI is InChI=1S/C35H28I2N2O5S/c1-4-43-34(41)29-20(2)38-35-39(31(29)30-24-13-9-8-12-23(24)14-15-27(30)42-3)33(40)28(45-35)18-22-16-25(36)32(26(37)17-22)44-19-21-10-6-5-7-11-21/h5-18,31H,4,19H2,1-3H3/b28-18+/t31-/m0/s1. The molecule has 10 heteroatoms. The van der Waals surface area contributed by atoms with Crippen LogP contribution in [0, 0.1) is 7.14 Å². The average Bonchev–Trinajstić information content (AvgIpc) is 3.33. The van der Waals surface area contributed by atoms with Crippen molar-refractivity contribution in [3.8, 4) is 11.5 Å². The number of halogens is 2. The van der Waals surface area contributed by atoms with Crippen LogP contribution in [0.1, 0.15) is 36.6 Å². The topological polar surface area (TPSA) is 79.1 Å². The molecular weight excluding hydrogens is 814 g/mol. The van der Waals surface area contributed by atoms with Crippen molar-refractivity contribution in [2.75, 3.05) is 13.7 Å². The molecule has 0 aliphatic carbocycles. The molecule has 5 aromatic rings. The van der Waals surface area contributed by atoms with E-state index in [2.05, 4.69) is 45.2 Å². The molecule has 7 nitrogen and oxygen atoms in total. The number of nitrogens with zero attached hydrogens (tertiary/aromatic N) is 2. The van der Waals surface area contributed by atoms with Gasteiger partial charge in [-0.3, -0.25) is 9.36 Å². The molecule has 0 radical (unpaired) electrons. The van der Waals surface area contributed by atoms with Crippen LogP contribution < -0.4 is 24.4 Å². The van der Waals surface area contributed by atoms with Gasteiger partial charge in [0.25, 0.3) is 5.56 Å². The first-order chi connectivity index (χ1) is 21.8. The van der Waals surface area contributed by atoms with Gasteiger partial charge >= 0.3 is 5.97 Å². The van der Waals surface area contributed by atoms with Gasteiger partial charge in [0.1, 0.15) is 24.1 Å². The lowest BCUT2D eigenvalue weighted by Gasteiger charge is -2.27. The summed E-state index contributed by atoms with van der Waals surface area (Å²) >= 11 is 5.83. The molecule has 1 aliphatic rings. The van der Waals surface area contributed by atoms with E-state index in [1.807, 2.05) is 84.9 Å². The van der Waals surface area contributed by atoms with Gasteiger partial charge in [0.15, 0.2) is 4.80 Å². The van der Waals surface area contributed by atoms with Gasteiger partial charge in [-0.1, -0.05) is 72.0 Å². The lowest BCUT2D eigenvalue weighted by Crippen LogP contribution is -2.40. The molecule has 0 bridgehead atoms. The van der Waals surface area contributed by atoms with E-state index in [-0.39, 0.29) is 12.2 Å². The Kier molecular flexibility index (Phi) is 9.43. The number of aromatic nitrogens is 1. The highest BCUT2D eigenvalue weighted by Crippen LogP contribution is 2.40. The van der Waals surface area contributed by atoms with Crippen LogP contribution in [0.2, 0.25) is 0 Å². The monoisotopic (exact) mass is 842 g/mol. The average molecular weight is 842 g/mol. The summed E-state index contributed by atoms with van der Waals surface area (Å²) in [5, 5.41) is 1.84. The third-order valence-corrected chi connectivity index (χ3v) is 10.1. The van der Waals surface area contributed by atoms with E-state index in [4.69, 9.17) is 19.2 Å². The first-order valence-electron chi connectivity index (χ1n) is 14.2. The molecule has 1 aliphatic heterocycles. The molecule has 228 valence electrons. The van der Waals surface area contributed by atoms with Crippen molar-refractivity contribution in [3.05, 3.63) is 134 Å². The second-order valence-corrected chi connectivity index (χ2v) is 13.6. The first kappa shape index (κ1) is 31.5. The van der Waals surface area contributed by atoms with E-state index in [1.54, 1.807) is 25.5 Å². The Hall–Kier alpha value is -3.49. The van der Waals surface area contributed by atoms with Crippen molar-refractivity contribution in [1.29, 1.82) is 0 Å². The molecule has 45 heavy (non-hydrogen) atoms. The molecule has 0 fully saturated rings. The quantitative estimate of drug-likeness (QED) is 0.128. The van der Waals surface area contributed by atoms with Crippen molar-refractivity contribution >= 4 is 79.3 Å². The molecule has 1 atom stereocenters. The van der Waals surface area contributed by atoms with Crippen LogP contribution in [0.4, 0.5) is 0 Å². The molecule has 0 spiro atoms. The van der Waals surface area contributed by atoms with Crippen LogP contribution >= 0.6 is 56.5 Å². The number of esters is 1. The number of methoxy groups -OCH3 is 1. The van der Waals surface area contributed by atoms with Crippen molar-refractivity contribution in [2.45, 2.75) is 26.5 Å². The number of hydrogen-bond acceptors (Lipinski definition) is 7. The molecule has 0 amide bonds. The number of ether oxygens (including phenoxy) is 3. The summed E-state index contributed by atoms with van der Waals surface area (Å²) in [5.74, 6) is 0.861. The zero-order chi connectivity index (χ0) is 31.7. The van der Waals surface area contributed by atoms with Crippen LogP contribution in [0.15, 0.2) is 99.9 Å². The summed E-state index contributed by atoms with van der Waals surface area (Å²) in [4.78, 5) is 33.0. The Morgan fingerprint density at radius 1 is 1.02 bits per heavy atom. The Labute approximate surface area is 291 Å². The van der Waals surface area contributed by atoms with Gasteiger partial charge in [-0.25, -0.2) is 9.79 Å².